The highest BCUT2D eigenvalue weighted by Gasteiger charge is 2.52. The van der Waals surface area contributed by atoms with Crippen LogP contribution >= 0.6 is 11.8 Å². The van der Waals surface area contributed by atoms with Crippen molar-refractivity contribution in [3.63, 3.8) is 0 Å². The van der Waals surface area contributed by atoms with Crippen molar-refractivity contribution in [2.45, 2.75) is 18.5 Å². The molecule has 1 aromatic carbocycles. The van der Waals surface area contributed by atoms with E-state index < -0.39 is 5.54 Å². The molecule has 1 N–H and O–H groups in total. The molecule has 0 unspecified atom stereocenters. The number of methoxy groups -OCH3 is 1. The fourth-order valence-electron chi connectivity index (χ4n) is 2.61. The molecule has 2 aliphatic heterocycles. The summed E-state index contributed by atoms with van der Waals surface area (Å²) in [6.07, 6.45) is 0.719. The summed E-state index contributed by atoms with van der Waals surface area (Å²) in [4.78, 5) is 25.9. The zero-order valence-electron chi connectivity index (χ0n) is 11.2. The highest BCUT2D eigenvalue weighted by Crippen LogP contribution is 2.34. The number of carbonyl (C=O) groups excluding carboxylic acids is 2. The molecule has 0 aromatic heterocycles. The van der Waals surface area contributed by atoms with Gasteiger partial charge in [0.15, 0.2) is 0 Å². The van der Waals surface area contributed by atoms with E-state index in [0.29, 0.717) is 5.75 Å². The van der Waals surface area contributed by atoms with Gasteiger partial charge in [-0.1, -0.05) is 12.1 Å². The maximum absolute atomic E-state index is 12.5. The van der Waals surface area contributed by atoms with Gasteiger partial charge in [0.1, 0.15) is 11.3 Å². The van der Waals surface area contributed by atoms with Crippen LogP contribution in [0.2, 0.25) is 0 Å². The lowest BCUT2D eigenvalue weighted by atomic mass is 9.99. The Morgan fingerprint density at radius 2 is 2.30 bits per heavy atom. The fourth-order valence-corrected chi connectivity index (χ4v) is 3.93. The van der Waals surface area contributed by atoms with Crippen molar-refractivity contribution in [1.29, 1.82) is 0 Å². The Bertz CT molecular complexity index is 555. The minimum Gasteiger partial charge on any atom is -0.497 e. The quantitative estimate of drug-likeness (QED) is 0.860. The average molecular weight is 292 g/mol. The predicted octanol–water partition coefficient (Wildman–Crippen LogP) is 1.62. The maximum atomic E-state index is 12.5. The molecule has 2 heterocycles. The van der Waals surface area contributed by atoms with Crippen molar-refractivity contribution >= 4 is 23.7 Å². The van der Waals surface area contributed by atoms with E-state index in [9.17, 15) is 9.59 Å². The van der Waals surface area contributed by atoms with Gasteiger partial charge in [-0.25, -0.2) is 4.79 Å². The largest absolute Gasteiger partial charge is 0.497 e. The van der Waals surface area contributed by atoms with Gasteiger partial charge < -0.3 is 10.1 Å². The smallest absolute Gasteiger partial charge is 0.325 e. The maximum Gasteiger partial charge on any atom is 0.325 e. The molecular formula is C14H16N2O3S. The first-order valence-corrected chi connectivity index (χ1v) is 7.65. The number of urea groups is 1. The molecule has 0 saturated carbocycles. The molecule has 2 fully saturated rings. The van der Waals surface area contributed by atoms with Crippen LogP contribution in [0, 0.1) is 0 Å². The number of ether oxygens (including phenoxy) is 1. The normalized spacial score (nSPS) is 25.4. The molecule has 0 radical (unpaired) electrons. The van der Waals surface area contributed by atoms with Crippen LogP contribution in [0.15, 0.2) is 24.3 Å². The summed E-state index contributed by atoms with van der Waals surface area (Å²) in [5, 5.41) is 2.86. The van der Waals surface area contributed by atoms with Crippen LogP contribution < -0.4 is 10.1 Å². The summed E-state index contributed by atoms with van der Waals surface area (Å²) in [6, 6.07) is 7.13. The molecule has 0 bridgehead atoms. The lowest BCUT2D eigenvalue weighted by Gasteiger charge is -2.19. The van der Waals surface area contributed by atoms with Gasteiger partial charge in [0.05, 0.1) is 13.7 Å². The number of rotatable bonds is 3. The Morgan fingerprint density at radius 3 is 3.00 bits per heavy atom. The number of amides is 3. The first-order chi connectivity index (χ1) is 9.64. The number of hydrogen-bond donors (Lipinski definition) is 1. The highest BCUT2D eigenvalue weighted by molar-refractivity contribution is 7.99. The lowest BCUT2D eigenvalue weighted by Crippen LogP contribution is -2.46. The van der Waals surface area contributed by atoms with Crippen LogP contribution in [0.25, 0.3) is 0 Å². The fraction of sp³-hybridized carbons (Fsp3) is 0.429. The van der Waals surface area contributed by atoms with Crippen LogP contribution in [0.1, 0.15) is 12.0 Å². The molecule has 2 saturated heterocycles. The first kappa shape index (κ1) is 13.3. The van der Waals surface area contributed by atoms with Crippen molar-refractivity contribution in [2.24, 2.45) is 0 Å². The van der Waals surface area contributed by atoms with Crippen molar-refractivity contribution < 1.29 is 14.3 Å². The molecule has 1 spiro atoms. The third-order valence-corrected chi connectivity index (χ3v) is 4.93. The van der Waals surface area contributed by atoms with E-state index in [1.807, 2.05) is 24.3 Å². The second-order valence-electron chi connectivity index (χ2n) is 5.06. The highest BCUT2D eigenvalue weighted by atomic mass is 32.2. The Morgan fingerprint density at radius 1 is 1.45 bits per heavy atom. The SMILES string of the molecule is COc1cccc(CN2C(=O)N[C@@]3(CCSC3)C2=O)c1. The molecule has 20 heavy (non-hydrogen) atoms. The Labute approximate surface area is 121 Å². The Hall–Kier alpha value is -1.69. The van der Waals surface area contributed by atoms with E-state index in [4.69, 9.17) is 4.74 Å². The number of imide groups is 1. The van der Waals surface area contributed by atoms with Crippen LogP contribution in [-0.2, 0) is 11.3 Å². The monoisotopic (exact) mass is 292 g/mol. The van der Waals surface area contributed by atoms with Gasteiger partial charge in [0.2, 0.25) is 0 Å². The number of carbonyl (C=O) groups is 2. The minimum absolute atomic E-state index is 0.102. The predicted molar refractivity (Wildman–Crippen MR) is 76.7 cm³/mol. The summed E-state index contributed by atoms with van der Waals surface area (Å²) in [5.74, 6) is 2.21. The van der Waals surface area contributed by atoms with Crippen LogP contribution in [0.4, 0.5) is 4.79 Å². The van der Waals surface area contributed by atoms with Gasteiger partial charge >= 0.3 is 6.03 Å². The summed E-state index contributed by atoms with van der Waals surface area (Å²) >= 11 is 1.71. The van der Waals surface area contributed by atoms with Gasteiger partial charge in [0.25, 0.3) is 5.91 Å². The molecular weight excluding hydrogens is 276 g/mol. The number of nitrogens with zero attached hydrogens (tertiary/aromatic N) is 1. The summed E-state index contributed by atoms with van der Waals surface area (Å²) < 4.78 is 5.16. The zero-order valence-corrected chi connectivity index (χ0v) is 12.0. The number of thioether (sulfide) groups is 1. The number of nitrogens with one attached hydrogen (secondary N) is 1. The van der Waals surface area contributed by atoms with Gasteiger partial charge in [-0.05, 0) is 29.9 Å². The number of hydrogen-bond acceptors (Lipinski definition) is 4. The second kappa shape index (κ2) is 5.01. The third-order valence-electron chi connectivity index (χ3n) is 3.74. The lowest BCUT2D eigenvalue weighted by molar-refractivity contribution is -0.130. The Balaban J connectivity index is 1.80. The zero-order chi connectivity index (χ0) is 14.2. The molecule has 1 aromatic rings. The first-order valence-electron chi connectivity index (χ1n) is 6.49. The second-order valence-corrected chi connectivity index (χ2v) is 6.16. The molecule has 3 rings (SSSR count). The minimum atomic E-state index is -0.666. The van der Waals surface area contributed by atoms with Gasteiger partial charge in [-0.2, -0.15) is 11.8 Å². The van der Waals surface area contributed by atoms with E-state index in [2.05, 4.69) is 5.32 Å². The van der Waals surface area contributed by atoms with Crippen LogP contribution in [0.3, 0.4) is 0 Å². The van der Waals surface area contributed by atoms with Crippen molar-refractivity contribution in [2.75, 3.05) is 18.6 Å². The molecule has 5 nitrogen and oxygen atoms in total. The van der Waals surface area contributed by atoms with E-state index in [1.54, 1.807) is 18.9 Å². The summed E-state index contributed by atoms with van der Waals surface area (Å²) in [5.41, 5.74) is 0.219. The summed E-state index contributed by atoms with van der Waals surface area (Å²) in [6.45, 7) is 0.286. The van der Waals surface area contributed by atoms with Gasteiger partial charge in [0, 0.05) is 5.75 Å². The van der Waals surface area contributed by atoms with Crippen molar-refractivity contribution in [1.82, 2.24) is 10.2 Å². The van der Waals surface area contributed by atoms with E-state index >= 15 is 0 Å². The third kappa shape index (κ3) is 2.14. The number of benzene rings is 1. The van der Waals surface area contributed by atoms with Gasteiger partial charge in [-0.15, -0.1) is 0 Å². The molecule has 1 atom stereocenters. The van der Waals surface area contributed by atoms with E-state index in [1.165, 1.54) is 4.90 Å². The van der Waals surface area contributed by atoms with E-state index in [-0.39, 0.29) is 18.5 Å². The summed E-state index contributed by atoms with van der Waals surface area (Å²) in [7, 11) is 1.59. The van der Waals surface area contributed by atoms with Crippen molar-refractivity contribution in [3.05, 3.63) is 29.8 Å². The molecule has 6 heteroatoms. The van der Waals surface area contributed by atoms with Crippen LogP contribution in [-0.4, -0.2) is 41.0 Å². The van der Waals surface area contributed by atoms with E-state index in [0.717, 1.165) is 23.5 Å². The van der Waals surface area contributed by atoms with Crippen LogP contribution in [0.5, 0.6) is 5.75 Å². The molecule has 2 aliphatic rings. The Kier molecular flexibility index (Phi) is 3.33. The topological polar surface area (TPSA) is 58.6 Å². The average Bonchev–Trinajstić information content (AvgIpc) is 3.01. The van der Waals surface area contributed by atoms with Gasteiger partial charge in [-0.3, -0.25) is 9.69 Å². The molecule has 3 amide bonds. The standard InChI is InChI=1S/C14H16N2O3S/c1-19-11-4-2-3-10(7-11)8-16-12(17)14(15-13(16)18)5-6-20-9-14/h2-4,7H,5-6,8-9H2,1H3,(H,15,18)/t14-/m1/s1. The van der Waals surface area contributed by atoms with Crippen molar-refractivity contribution in [3.8, 4) is 5.75 Å². The molecule has 106 valence electrons. The molecule has 0 aliphatic carbocycles.